The van der Waals surface area contributed by atoms with Crippen molar-refractivity contribution in [3.05, 3.63) is 23.8 Å². The quantitative estimate of drug-likeness (QED) is 0.919. The Morgan fingerprint density at radius 3 is 2.57 bits per heavy atom. The second kappa shape index (κ2) is 6.80. The molecule has 5 heteroatoms. The molecule has 5 nitrogen and oxygen atoms in total. The lowest BCUT2D eigenvalue weighted by Gasteiger charge is -2.33. The molecule has 0 radical (unpaired) electrons. The number of phenols is 1. The maximum Gasteiger partial charge on any atom is 0.253 e. The molecule has 1 N–H and O–H groups in total. The molecule has 1 heterocycles. The molecular formula is C16H24N2O3. The number of phenolic OH excluding ortho intramolecular Hbond substituents is 1. The van der Waals surface area contributed by atoms with Gasteiger partial charge in [-0.2, -0.15) is 0 Å². The van der Waals surface area contributed by atoms with E-state index in [1.165, 1.54) is 13.2 Å². The molecule has 0 aliphatic carbocycles. The predicted molar refractivity (Wildman–Crippen MR) is 81.8 cm³/mol. The zero-order chi connectivity index (χ0) is 15.4. The number of methoxy groups -OCH3 is 1. The van der Waals surface area contributed by atoms with E-state index >= 15 is 0 Å². The van der Waals surface area contributed by atoms with Gasteiger partial charge in [-0.15, -0.1) is 0 Å². The summed E-state index contributed by atoms with van der Waals surface area (Å²) in [6.07, 6.45) is 2.07. The first-order valence-corrected chi connectivity index (χ1v) is 7.32. The number of aromatic hydroxyl groups is 1. The number of ether oxygens (including phenoxy) is 1. The minimum Gasteiger partial charge on any atom is -0.504 e. The highest BCUT2D eigenvalue weighted by atomic mass is 16.5. The Bertz CT molecular complexity index is 494. The molecule has 0 aromatic heterocycles. The van der Waals surface area contributed by atoms with Gasteiger partial charge in [-0.3, -0.25) is 4.79 Å². The van der Waals surface area contributed by atoms with E-state index < -0.39 is 0 Å². The van der Waals surface area contributed by atoms with Crippen molar-refractivity contribution in [2.45, 2.75) is 12.8 Å². The Balaban J connectivity index is 1.97. The predicted octanol–water partition coefficient (Wildman–Crippen LogP) is 1.81. The Hall–Kier alpha value is -1.75. The van der Waals surface area contributed by atoms with E-state index in [0.717, 1.165) is 32.5 Å². The molecule has 1 amide bonds. The first kappa shape index (κ1) is 15.6. The van der Waals surface area contributed by atoms with Crippen molar-refractivity contribution >= 4 is 5.91 Å². The van der Waals surface area contributed by atoms with Crippen LogP contribution in [-0.2, 0) is 0 Å². The fourth-order valence-electron chi connectivity index (χ4n) is 2.84. The number of benzene rings is 1. The summed E-state index contributed by atoms with van der Waals surface area (Å²) in [6.45, 7) is 2.64. The highest BCUT2D eigenvalue weighted by Crippen LogP contribution is 2.27. The third kappa shape index (κ3) is 3.88. The second-order valence-electron chi connectivity index (χ2n) is 5.88. The van der Waals surface area contributed by atoms with Gasteiger partial charge >= 0.3 is 0 Å². The van der Waals surface area contributed by atoms with Crippen LogP contribution in [0.25, 0.3) is 0 Å². The molecule has 0 atom stereocenters. The molecule has 0 saturated carbocycles. The van der Waals surface area contributed by atoms with Crippen LogP contribution >= 0.6 is 0 Å². The number of likely N-dealkylation sites (tertiary alicyclic amines) is 1. The van der Waals surface area contributed by atoms with Crippen molar-refractivity contribution in [1.82, 2.24) is 9.80 Å². The maximum atomic E-state index is 12.4. The van der Waals surface area contributed by atoms with Crippen LogP contribution in [0, 0.1) is 5.92 Å². The van der Waals surface area contributed by atoms with Crippen LogP contribution in [0.5, 0.6) is 11.5 Å². The highest BCUT2D eigenvalue weighted by molar-refractivity contribution is 5.95. The fraction of sp³-hybridized carbons (Fsp3) is 0.562. The number of rotatable bonds is 4. The van der Waals surface area contributed by atoms with Gasteiger partial charge in [-0.05, 0) is 51.1 Å². The summed E-state index contributed by atoms with van der Waals surface area (Å²) in [6, 6.07) is 4.81. The molecule has 1 aliphatic heterocycles. The van der Waals surface area contributed by atoms with Crippen molar-refractivity contribution in [2.24, 2.45) is 5.92 Å². The summed E-state index contributed by atoms with van der Waals surface area (Å²) in [7, 11) is 5.65. The molecule has 2 rings (SSSR count). The van der Waals surface area contributed by atoms with Crippen LogP contribution in [0.3, 0.4) is 0 Å². The smallest absolute Gasteiger partial charge is 0.253 e. The number of amides is 1. The minimum absolute atomic E-state index is 0.00541. The van der Waals surface area contributed by atoms with Crippen LogP contribution in [0.2, 0.25) is 0 Å². The average Bonchev–Trinajstić information content (AvgIpc) is 2.46. The molecule has 0 unspecified atom stereocenters. The van der Waals surface area contributed by atoms with Gasteiger partial charge < -0.3 is 19.6 Å². The number of carbonyl (C=O) groups is 1. The molecule has 1 aromatic rings. The van der Waals surface area contributed by atoms with Gasteiger partial charge in [0.1, 0.15) is 0 Å². The number of hydrogen-bond donors (Lipinski definition) is 1. The van der Waals surface area contributed by atoms with Gasteiger partial charge in [0.2, 0.25) is 0 Å². The Labute approximate surface area is 126 Å². The largest absolute Gasteiger partial charge is 0.504 e. The highest BCUT2D eigenvalue weighted by Gasteiger charge is 2.24. The molecule has 1 saturated heterocycles. The van der Waals surface area contributed by atoms with Gasteiger partial charge in [0.15, 0.2) is 11.5 Å². The summed E-state index contributed by atoms with van der Waals surface area (Å²) >= 11 is 0. The number of carbonyl (C=O) groups excluding carboxylic acids is 1. The van der Waals surface area contributed by atoms with Crippen LogP contribution in [0.4, 0.5) is 0 Å². The van der Waals surface area contributed by atoms with Crippen molar-refractivity contribution < 1.29 is 14.6 Å². The molecule has 1 aliphatic rings. The second-order valence-corrected chi connectivity index (χ2v) is 5.88. The average molecular weight is 292 g/mol. The van der Waals surface area contributed by atoms with Gasteiger partial charge in [-0.1, -0.05) is 0 Å². The molecule has 0 spiro atoms. The standard InChI is InChI=1S/C16H24N2O3/c1-17(2)11-12-6-8-18(9-7-12)16(20)13-4-5-15(21-3)14(19)10-13/h4-5,10,12,19H,6-9,11H2,1-3H3. The number of piperidine rings is 1. The van der Waals surface area contributed by atoms with Gasteiger partial charge in [-0.25, -0.2) is 0 Å². The summed E-state index contributed by atoms with van der Waals surface area (Å²) in [5, 5.41) is 9.78. The van der Waals surface area contributed by atoms with E-state index in [2.05, 4.69) is 19.0 Å². The van der Waals surface area contributed by atoms with Gasteiger partial charge in [0, 0.05) is 25.2 Å². The van der Waals surface area contributed by atoms with Gasteiger partial charge in [0.05, 0.1) is 7.11 Å². The maximum absolute atomic E-state index is 12.4. The van der Waals surface area contributed by atoms with Gasteiger partial charge in [0.25, 0.3) is 5.91 Å². The zero-order valence-electron chi connectivity index (χ0n) is 13.0. The van der Waals surface area contributed by atoms with E-state index in [1.807, 2.05) is 4.90 Å². The molecule has 1 fully saturated rings. The van der Waals surface area contributed by atoms with Crippen LogP contribution in [0.15, 0.2) is 18.2 Å². The topological polar surface area (TPSA) is 53.0 Å². The summed E-state index contributed by atoms with van der Waals surface area (Å²) in [5.41, 5.74) is 0.513. The van der Waals surface area contributed by atoms with Crippen molar-refractivity contribution in [3.63, 3.8) is 0 Å². The SMILES string of the molecule is COc1ccc(C(=O)N2CCC(CN(C)C)CC2)cc1O. The summed E-state index contributed by atoms with van der Waals surface area (Å²) in [5.74, 6) is 1.03. The molecule has 0 bridgehead atoms. The Kier molecular flexibility index (Phi) is 5.07. The van der Waals surface area contributed by atoms with Crippen molar-refractivity contribution in [3.8, 4) is 11.5 Å². The fourth-order valence-corrected chi connectivity index (χ4v) is 2.84. The third-order valence-electron chi connectivity index (χ3n) is 3.95. The van der Waals surface area contributed by atoms with Crippen LogP contribution in [0.1, 0.15) is 23.2 Å². The molecular weight excluding hydrogens is 268 g/mol. The number of nitrogens with zero attached hydrogens (tertiary/aromatic N) is 2. The lowest BCUT2D eigenvalue weighted by Crippen LogP contribution is -2.40. The lowest BCUT2D eigenvalue weighted by atomic mass is 9.96. The zero-order valence-corrected chi connectivity index (χ0v) is 13.0. The van der Waals surface area contributed by atoms with E-state index in [4.69, 9.17) is 4.74 Å². The normalized spacial score (nSPS) is 16.3. The van der Waals surface area contributed by atoms with Crippen molar-refractivity contribution in [1.29, 1.82) is 0 Å². The number of hydrogen-bond acceptors (Lipinski definition) is 4. The van der Waals surface area contributed by atoms with E-state index in [0.29, 0.717) is 17.2 Å². The third-order valence-corrected chi connectivity index (χ3v) is 3.95. The first-order chi connectivity index (χ1) is 10.0. The van der Waals surface area contributed by atoms with Crippen LogP contribution < -0.4 is 4.74 Å². The van der Waals surface area contributed by atoms with E-state index in [-0.39, 0.29) is 11.7 Å². The van der Waals surface area contributed by atoms with Crippen LogP contribution in [-0.4, -0.2) is 61.7 Å². The summed E-state index contributed by atoms with van der Waals surface area (Å²) in [4.78, 5) is 16.5. The molecule has 1 aromatic carbocycles. The molecule has 21 heavy (non-hydrogen) atoms. The Morgan fingerprint density at radius 1 is 1.38 bits per heavy atom. The minimum atomic E-state index is -0.0174. The van der Waals surface area contributed by atoms with E-state index in [9.17, 15) is 9.90 Å². The monoisotopic (exact) mass is 292 g/mol. The lowest BCUT2D eigenvalue weighted by molar-refractivity contribution is 0.0677. The van der Waals surface area contributed by atoms with Crippen molar-refractivity contribution in [2.75, 3.05) is 40.8 Å². The molecule has 116 valence electrons. The Morgan fingerprint density at radius 2 is 2.05 bits per heavy atom. The van der Waals surface area contributed by atoms with E-state index in [1.54, 1.807) is 12.1 Å². The summed E-state index contributed by atoms with van der Waals surface area (Å²) < 4.78 is 5.00. The first-order valence-electron chi connectivity index (χ1n) is 7.32.